The van der Waals surface area contributed by atoms with Crippen molar-refractivity contribution in [3.8, 4) is 22.8 Å². The fourth-order valence-corrected chi connectivity index (χ4v) is 4.01. The average molecular weight is 493 g/mol. The second kappa shape index (κ2) is 10.9. The van der Waals surface area contributed by atoms with Crippen LogP contribution in [0.15, 0.2) is 61.4 Å². The van der Waals surface area contributed by atoms with E-state index in [1.165, 1.54) is 24.9 Å². The first-order chi connectivity index (χ1) is 17.4. The SMILES string of the molecule is C=CC(=O)N1CCCC[C@H]1C.Nc1ncnc2n[nH]c(-c3ccc(Oc4ccc(F)cc4F)cc3)c12. The summed E-state index contributed by atoms with van der Waals surface area (Å²) in [4.78, 5) is 21.1. The van der Waals surface area contributed by atoms with Crippen molar-refractivity contribution in [2.75, 3.05) is 12.3 Å². The predicted molar refractivity (Wildman–Crippen MR) is 133 cm³/mol. The molecule has 0 spiro atoms. The van der Waals surface area contributed by atoms with E-state index in [4.69, 9.17) is 10.5 Å². The molecule has 3 N–H and O–H groups in total. The molecule has 1 aliphatic heterocycles. The lowest BCUT2D eigenvalue weighted by Gasteiger charge is -2.32. The lowest BCUT2D eigenvalue weighted by molar-refractivity contribution is -0.129. The first-order valence-corrected chi connectivity index (χ1v) is 11.5. The number of nitrogens with zero attached hydrogens (tertiary/aromatic N) is 4. The molecule has 8 nitrogen and oxygen atoms in total. The third-order valence-electron chi connectivity index (χ3n) is 5.91. The molecule has 1 aliphatic rings. The number of nitrogens with one attached hydrogen (secondary N) is 1. The number of likely N-dealkylation sites (tertiary alicyclic amines) is 1. The minimum absolute atomic E-state index is 0.0567. The molecule has 36 heavy (non-hydrogen) atoms. The first kappa shape index (κ1) is 24.8. The minimum atomic E-state index is -0.770. The summed E-state index contributed by atoms with van der Waals surface area (Å²) in [5.74, 6) is -0.680. The molecule has 0 saturated carbocycles. The smallest absolute Gasteiger partial charge is 0.246 e. The molecule has 1 atom stereocenters. The zero-order valence-corrected chi connectivity index (χ0v) is 19.7. The van der Waals surface area contributed by atoms with Crippen molar-refractivity contribution in [1.82, 2.24) is 25.1 Å². The molecule has 2 aromatic carbocycles. The van der Waals surface area contributed by atoms with E-state index in [1.54, 1.807) is 24.3 Å². The van der Waals surface area contributed by atoms with Crippen LogP contribution in [-0.4, -0.2) is 43.6 Å². The number of piperidine rings is 1. The molecule has 1 amide bonds. The molecule has 10 heteroatoms. The number of hydrogen-bond acceptors (Lipinski definition) is 6. The lowest BCUT2D eigenvalue weighted by atomic mass is 10.0. The van der Waals surface area contributed by atoms with E-state index in [0.717, 1.165) is 37.1 Å². The summed E-state index contributed by atoms with van der Waals surface area (Å²) in [5, 5.41) is 7.60. The zero-order chi connectivity index (χ0) is 25.7. The van der Waals surface area contributed by atoms with Gasteiger partial charge >= 0.3 is 0 Å². The van der Waals surface area contributed by atoms with Crippen LogP contribution < -0.4 is 10.5 Å². The number of carbonyl (C=O) groups excluding carboxylic acids is 1. The standard InChI is InChI=1S/C17H11F2N5O.C9H15NO/c18-10-3-6-13(12(19)7-10)25-11-4-1-9(2-5-11)15-14-16(20)21-8-22-17(14)24-23-15;1-3-9(11)10-7-5-4-6-8(10)2/h1-8H,(H3,20,21,22,23,24);3,8H,1,4-7H2,2H3/t;8-/m.1/s1. The van der Waals surface area contributed by atoms with Crippen LogP contribution in [0.4, 0.5) is 14.6 Å². The quantitative estimate of drug-likeness (QED) is 0.377. The van der Waals surface area contributed by atoms with Gasteiger partial charge in [-0.2, -0.15) is 5.10 Å². The molecule has 1 fully saturated rings. The number of anilines is 1. The topological polar surface area (TPSA) is 110 Å². The van der Waals surface area contributed by atoms with Gasteiger partial charge in [-0.15, -0.1) is 0 Å². The van der Waals surface area contributed by atoms with Crippen LogP contribution in [0.2, 0.25) is 0 Å². The van der Waals surface area contributed by atoms with Crippen molar-refractivity contribution in [2.24, 2.45) is 0 Å². The van der Waals surface area contributed by atoms with Gasteiger partial charge in [0.15, 0.2) is 17.2 Å². The number of nitrogen functional groups attached to an aromatic ring is 1. The van der Waals surface area contributed by atoms with Gasteiger partial charge < -0.3 is 15.4 Å². The Bertz CT molecular complexity index is 1370. The summed E-state index contributed by atoms with van der Waals surface area (Å²) in [6.07, 6.45) is 6.28. The largest absolute Gasteiger partial charge is 0.454 e. The Morgan fingerprint density at radius 3 is 2.67 bits per heavy atom. The van der Waals surface area contributed by atoms with Crippen LogP contribution in [0.5, 0.6) is 11.5 Å². The Morgan fingerprint density at radius 1 is 1.19 bits per heavy atom. The highest BCUT2D eigenvalue weighted by atomic mass is 19.1. The minimum Gasteiger partial charge on any atom is -0.454 e. The maximum absolute atomic E-state index is 13.7. The lowest BCUT2D eigenvalue weighted by Crippen LogP contribution is -2.40. The number of nitrogens with two attached hydrogens (primary N) is 1. The molecule has 186 valence electrons. The average Bonchev–Trinajstić information content (AvgIpc) is 3.32. The van der Waals surface area contributed by atoms with Crippen LogP contribution >= 0.6 is 0 Å². The number of hydrogen-bond donors (Lipinski definition) is 2. The number of H-pyrrole nitrogens is 1. The number of benzene rings is 2. The molecular weight excluding hydrogens is 466 g/mol. The van der Waals surface area contributed by atoms with Gasteiger partial charge in [0, 0.05) is 24.2 Å². The number of fused-ring (bicyclic) bond motifs is 1. The second-order valence-electron chi connectivity index (χ2n) is 8.34. The zero-order valence-electron chi connectivity index (χ0n) is 19.7. The molecule has 5 rings (SSSR count). The van der Waals surface area contributed by atoms with Crippen molar-refractivity contribution < 1.29 is 18.3 Å². The molecule has 3 heterocycles. The van der Waals surface area contributed by atoms with Crippen molar-refractivity contribution in [3.05, 3.63) is 73.1 Å². The van der Waals surface area contributed by atoms with Gasteiger partial charge in [-0.25, -0.2) is 18.7 Å². The third kappa shape index (κ3) is 5.48. The van der Waals surface area contributed by atoms with E-state index in [1.807, 2.05) is 4.90 Å². The fourth-order valence-electron chi connectivity index (χ4n) is 4.01. The molecule has 4 aromatic rings. The maximum atomic E-state index is 13.7. The molecule has 0 unspecified atom stereocenters. The summed E-state index contributed by atoms with van der Waals surface area (Å²) in [6, 6.07) is 10.4. The third-order valence-corrected chi connectivity index (χ3v) is 5.91. The van der Waals surface area contributed by atoms with Gasteiger partial charge in [0.2, 0.25) is 5.91 Å². The number of halogens is 2. The second-order valence-corrected chi connectivity index (χ2v) is 8.34. The van der Waals surface area contributed by atoms with Crippen LogP contribution in [-0.2, 0) is 4.79 Å². The number of ether oxygens (including phenoxy) is 1. The molecule has 0 aliphatic carbocycles. The van der Waals surface area contributed by atoms with Gasteiger partial charge in [-0.1, -0.05) is 6.58 Å². The molecule has 0 bridgehead atoms. The summed E-state index contributed by atoms with van der Waals surface area (Å²) in [6.45, 7) is 6.49. The van der Waals surface area contributed by atoms with Crippen LogP contribution in [0.1, 0.15) is 26.2 Å². The van der Waals surface area contributed by atoms with Gasteiger partial charge in [0.25, 0.3) is 0 Å². The van der Waals surface area contributed by atoms with E-state index < -0.39 is 11.6 Å². The Balaban J connectivity index is 0.000000233. The van der Waals surface area contributed by atoms with Crippen molar-refractivity contribution in [3.63, 3.8) is 0 Å². The monoisotopic (exact) mass is 492 g/mol. The van der Waals surface area contributed by atoms with Gasteiger partial charge in [-0.3, -0.25) is 9.89 Å². The van der Waals surface area contributed by atoms with Crippen LogP contribution in [0.25, 0.3) is 22.3 Å². The predicted octanol–water partition coefficient (Wildman–Crippen LogP) is 5.25. The molecular formula is C26H26F2N6O2. The van der Waals surface area contributed by atoms with Crippen molar-refractivity contribution >= 4 is 22.8 Å². The number of carbonyl (C=O) groups is 1. The van der Waals surface area contributed by atoms with E-state index >= 15 is 0 Å². The van der Waals surface area contributed by atoms with E-state index in [2.05, 4.69) is 33.7 Å². The Morgan fingerprint density at radius 2 is 1.97 bits per heavy atom. The number of rotatable bonds is 4. The Labute approximate surface area is 206 Å². The molecule has 1 saturated heterocycles. The summed E-state index contributed by atoms with van der Waals surface area (Å²) in [7, 11) is 0. The summed E-state index contributed by atoms with van der Waals surface area (Å²) >= 11 is 0. The molecule has 0 radical (unpaired) electrons. The Hall–Kier alpha value is -4.34. The number of aromatic nitrogens is 4. The Kier molecular flexibility index (Phi) is 7.53. The van der Waals surface area contributed by atoms with E-state index in [9.17, 15) is 13.6 Å². The first-order valence-electron chi connectivity index (χ1n) is 11.5. The highest BCUT2D eigenvalue weighted by Gasteiger charge is 2.20. The van der Waals surface area contributed by atoms with Gasteiger partial charge in [-0.05, 0) is 68.7 Å². The summed E-state index contributed by atoms with van der Waals surface area (Å²) < 4.78 is 32.0. The van der Waals surface area contributed by atoms with Crippen molar-refractivity contribution in [2.45, 2.75) is 32.2 Å². The van der Waals surface area contributed by atoms with Crippen LogP contribution in [0.3, 0.4) is 0 Å². The van der Waals surface area contributed by atoms with Gasteiger partial charge in [0.1, 0.15) is 23.7 Å². The van der Waals surface area contributed by atoms with E-state index in [0.29, 0.717) is 34.3 Å². The normalized spacial score (nSPS) is 15.2. The van der Waals surface area contributed by atoms with Gasteiger partial charge in [0.05, 0.1) is 11.1 Å². The highest BCUT2D eigenvalue weighted by Crippen LogP contribution is 2.31. The number of amides is 1. The number of aromatic amines is 1. The van der Waals surface area contributed by atoms with E-state index in [-0.39, 0.29) is 11.7 Å². The molecule has 2 aromatic heterocycles. The van der Waals surface area contributed by atoms with Crippen molar-refractivity contribution in [1.29, 1.82) is 0 Å². The van der Waals surface area contributed by atoms with Crippen LogP contribution in [0, 0.1) is 11.6 Å². The maximum Gasteiger partial charge on any atom is 0.246 e. The fraction of sp³-hybridized carbons (Fsp3) is 0.231. The highest BCUT2D eigenvalue weighted by molar-refractivity contribution is 5.97. The summed E-state index contributed by atoms with van der Waals surface area (Å²) in [5.41, 5.74) is 7.82.